The van der Waals surface area contributed by atoms with Crippen molar-refractivity contribution in [1.29, 1.82) is 0 Å². The van der Waals surface area contributed by atoms with Crippen molar-refractivity contribution in [1.82, 2.24) is 15.1 Å². The molecular weight excluding hydrogens is 402 g/mol. The summed E-state index contributed by atoms with van der Waals surface area (Å²) in [4.78, 5) is 17.5. The Hall–Kier alpha value is -2.73. The number of nitrogens with zero attached hydrogens (tertiary/aromatic N) is 2. The SMILES string of the molecule is O=C(NCC1CCN(Cc2ccccc2)CC1)N1CCCC1c1ccc2c(c1)OCCO2. The van der Waals surface area contributed by atoms with Gasteiger partial charge in [-0.05, 0) is 68.0 Å². The molecule has 170 valence electrons. The lowest BCUT2D eigenvalue weighted by Gasteiger charge is -2.33. The van der Waals surface area contributed by atoms with Crippen LogP contribution in [0.1, 0.15) is 42.9 Å². The highest BCUT2D eigenvalue weighted by atomic mass is 16.6. The minimum Gasteiger partial charge on any atom is -0.486 e. The molecule has 32 heavy (non-hydrogen) atoms. The van der Waals surface area contributed by atoms with E-state index in [1.54, 1.807) is 0 Å². The standard InChI is InChI=1S/C26H33N3O3/c30-26(27-18-20-10-13-28(14-11-20)19-21-5-2-1-3-6-21)29-12-4-7-23(29)22-8-9-24-25(17-22)32-16-15-31-24/h1-3,5-6,8-9,17,20,23H,4,7,10-16,18-19H2,(H,27,30). The minimum atomic E-state index is 0.0640. The molecule has 2 aromatic carbocycles. The molecule has 6 heteroatoms. The summed E-state index contributed by atoms with van der Waals surface area (Å²) in [5, 5.41) is 3.23. The van der Waals surface area contributed by atoms with Crippen LogP contribution < -0.4 is 14.8 Å². The number of carbonyl (C=O) groups is 1. The Morgan fingerprint density at radius 3 is 2.53 bits per heavy atom. The topological polar surface area (TPSA) is 54.0 Å². The number of ether oxygens (including phenoxy) is 2. The van der Waals surface area contributed by atoms with Crippen LogP contribution >= 0.6 is 0 Å². The second-order valence-electron chi connectivity index (χ2n) is 9.15. The van der Waals surface area contributed by atoms with Crippen LogP contribution in [0, 0.1) is 5.92 Å². The van der Waals surface area contributed by atoms with Gasteiger partial charge in [-0.1, -0.05) is 36.4 Å². The molecule has 0 aliphatic carbocycles. The van der Waals surface area contributed by atoms with Crippen molar-refractivity contribution in [3.8, 4) is 11.5 Å². The lowest BCUT2D eigenvalue weighted by atomic mass is 9.96. The van der Waals surface area contributed by atoms with Crippen LogP contribution in [0.5, 0.6) is 11.5 Å². The molecule has 1 atom stereocenters. The Morgan fingerprint density at radius 1 is 0.938 bits per heavy atom. The first kappa shape index (κ1) is 21.1. The molecule has 1 N–H and O–H groups in total. The molecule has 3 heterocycles. The second kappa shape index (κ2) is 9.82. The first-order chi connectivity index (χ1) is 15.8. The van der Waals surface area contributed by atoms with Crippen molar-refractivity contribution in [2.45, 2.75) is 38.3 Å². The fourth-order valence-corrected chi connectivity index (χ4v) is 5.15. The van der Waals surface area contributed by atoms with E-state index >= 15 is 0 Å². The summed E-state index contributed by atoms with van der Waals surface area (Å²) in [5.41, 5.74) is 2.51. The number of piperidine rings is 1. The van der Waals surface area contributed by atoms with Crippen molar-refractivity contribution < 1.29 is 14.3 Å². The summed E-state index contributed by atoms with van der Waals surface area (Å²) < 4.78 is 11.4. The first-order valence-corrected chi connectivity index (χ1v) is 12.0. The van der Waals surface area contributed by atoms with Gasteiger partial charge in [0.2, 0.25) is 0 Å². The third-order valence-corrected chi connectivity index (χ3v) is 6.96. The van der Waals surface area contributed by atoms with E-state index in [1.165, 1.54) is 5.56 Å². The van der Waals surface area contributed by atoms with Crippen molar-refractivity contribution in [3.63, 3.8) is 0 Å². The average Bonchev–Trinajstić information content (AvgIpc) is 3.34. The maximum absolute atomic E-state index is 13.0. The van der Waals surface area contributed by atoms with Crippen LogP contribution in [0.15, 0.2) is 48.5 Å². The highest BCUT2D eigenvalue weighted by Crippen LogP contribution is 2.38. The molecule has 2 aromatic rings. The van der Waals surface area contributed by atoms with Crippen molar-refractivity contribution in [2.24, 2.45) is 5.92 Å². The zero-order valence-electron chi connectivity index (χ0n) is 18.7. The first-order valence-electron chi connectivity index (χ1n) is 12.0. The molecule has 5 rings (SSSR count). The Bertz CT molecular complexity index is 912. The number of amides is 2. The maximum Gasteiger partial charge on any atom is 0.317 e. The molecule has 1 unspecified atom stereocenters. The Labute approximate surface area is 190 Å². The fraction of sp³-hybridized carbons (Fsp3) is 0.500. The quantitative estimate of drug-likeness (QED) is 0.764. The van der Waals surface area contributed by atoms with Gasteiger partial charge in [0.15, 0.2) is 11.5 Å². The average molecular weight is 436 g/mol. The molecule has 2 amide bonds. The van der Waals surface area contributed by atoms with Crippen LogP contribution in [0.25, 0.3) is 0 Å². The molecule has 3 aliphatic heterocycles. The van der Waals surface area contributed by atoms with E-state index in [0.717, 1.165) is 75.5 Å². The van der Waals surface area contributed by atoms with Gasteiger partial charge in [-0.2, -0.15) is 0 Å². The van der Waals surface area contributed by atoms with Crippen molar-refractivity contribution in [3.05, 3.63) is 59.7 Å². The monoisotopic (exact) mass is 435 g/mol. The molecule has 2 saturated heterocycles. The molecule has 0 saturated carbocycles. The molecule has 2 fully saturated rings. The van der Waals surface area contributed by atoms with E-state index < -0.39 is 0 Å². The Balaban J connectivity index is 1.11. The van der Waals surface area contributed by atoms with Gasteiger partial charge in [0.25, 0.3) is 0 Å². The predicted molar refractivity (Wildman–Crippen MR) is 124 cm³/mol. The third kappa shape index (κ3) is 4.85. The second-order valence-corrected chi connectivity index (χ2v) is 9.15. The van der Waals surface area contributed by atoms with Crippen molar-refractivity contribution in [2.75, 3.05) is 39.4 Å². The summed E-state index contributed by atoms with van der Waals surface area (Å²) in [6.45, 7) is 5.96. The van der Waals surface area contributed by atoms with E-state index in [1.807, 2.05) is 17.0 Å². The summed E-state index contributed by atoms with van der Waals surface area (Å²) in [7, 11) is 0. The van der Waals surface area contributed by atoms with E-state index in [-0.39, 0.29) is 12.1 Å². The summed E-state index contributed by atoms with van der Waals surface area (Å²) in [6, 6.07) is 16.9. The highest BCUT2D eigenvalue weighted by Gasteiger charge is 2.31. The number of likely N-dealkylation sites (tertiary alicyclic amines) is 2. The number of carbonyl (C=O) groups excluding carboxylic acids is 1. The van der Waals surface area contributed by atoms with Gasteiger partial charge in [0.05, 0.1) is 6.04 Å². The zero-order chi connectivity index (χ0) is 21.8. The number of rotatable bonds is 5. The van der Waals surface area contributed by atoms with Crippen LogP contribution in [-0.2, 0) is 6.54 Å². The van der Waals surface area contributed by atoms with Crippen LogP contribution in [-0.4, -0.2) is 55.2 Å². The number of hydrogen-bond acceptors (Lipinski definition) is 4. The number of urea groups is 1. The lowest BCUT2D eigenvalue weighted by molar-refractivity contribution is 0.165. The summed E-state index contributed by atoms with van der Waals surface area (Å²) >= 11 is 0. The smallest absolute Gasteiger partial charge is 0.317 e. The van der Waals surface area contributed by atoms with Crippen LogP contribution in [0.2, 0.25) is 0 Å². The Kier molecular flexibility index (Phi) is 6.49. The van der Waals surface area contributed by atoms with Crippen LogP contribution in [0.4, 0.5) is 4.79 Å². The number of fused-ring (bicyclic) bond motifs is 1. The summed E-state index contributed by atoms with van der Waals surface area (Å²) in [5.74, 6) is 2.15. The van der Waals surface area contributed by atoms with Gasteiger partial charge in [-0.15, -0.1) is 0 Å². The zero-order valence-corrected chi connectivity index (χ0v) is 18.7. The molecule has 0 radical (unpaired) electrons. The van der Waals surface area contributed by atoms with Gasteiger partial charge in [0, 0.05) is 19.6 Å². The molecule has 0 aromatic heterocycles. The number of nitrogens with one attached hydrogen (secondary N) is 1. The maximum atomic E-state index is 13.0. The normalized spacial score (nSPS) is 21.5. The molecule has 0 bridgehead atoms. The van der Waals surface area contributed by atoms with Gasteiger partial charge in [0.1, 0.15) is 13.2 Å². The molecule has 0 spiro atoms. The van der Waals surface area contributed by atoms with Crippen molar-refractivity contribution >= 4 is 6.03 Å². The lowest BCUT2D eigenvalue weighted by Crippen LogP contribution is -2.43. The highest BCUT2D eigenvalue weighted by molar-refractivity contribution is 5.75. The van der Waals surface area contributed by atoms with Gasteiger partial charge >= 0.3 is 6.03 Å². The molecular formula is C26H33N3O3. The largest absolute Gasteiger partial charge is 0.486 e. The fourth-order valence-electron chi connectivity index (χ4n) is 5.15. The Morgan fingerprint density at radius 2 is 1.72 bits per heavy atom. The van der Waals surface area contributed by atoms with Gasteiger partial charge in [-0.3, -0.25) is 4.90 Å². The molecule has 3 aliphatic rings. The van der Waals surface area contributed by atoms with E-state index in [9.17, 15) is 4.79 Å². The van der Waals surface area contributed by atoms with Crippen LogP contribution in [0.3, 0.4) is 0 Å². The summed E-state index contributed by atoms with van der Waals surface area (Å²) in [6.07, 6.45) is 4.30. The third-order valence-electron chi connectivity index (χ3n) is 6.96. The number of hydrogen-bond donors (Lipinski definition) is 1. The molecule has 6 nitrogen and oxygen atoms in total. The predicted octanol–water partition coefficient (Wildman–Crippen LogP) is 4.22. The van der Waals surface area contributed by atoms with Gasteiger partial charge < -0.3 is 19.7 Å². The number of benzene rings is 2. The van der Waals surface area contributed by atoms with E-state index in [0.29, 0.717) is 19.1 Å². The van der Waals surface area contributed by atoms with E-state index in [2.05, 4.69) is 46.6 Å². The minimum absolute atomic E-state index is 0.0640. The van der Waals surface area contributed by atoms with Gasteiger partial charge in [-0.25, -0.2) is 4.79 Å². The van der Waals surface area contributed by atoms with E-state index in [4.69, 9.17) is 9.47 Å².